The van der Waals surface area contributed by atoms with Gasteiger partial charge in [0.25, 0.3) is 0 Å². The summed E-state index contributed by atoms with van der Waals surface area (Å²) in [5.74, 6) is 1.27. The average Bonchev–Trinajstić information content (AvgIpc) is 3.23. The summed E-state index contributed by atoms with van der Waals surface area (Å²) in [6.45, 7) is 2.07. The quantitative estimate of drug-likeness (QED) is 0.407. The summed E-state index contributed by atoms with van der Waals surface area (Å²) in [7, 11) is 1.67. The molecule has 160 valence electrons. The minimum atomic E-state index is -0.266. The van der Waals surface area contributed by atoms with Crippen LogP contribution in [0, 0.1) is 5.82 Å². The lowest BCUT2D eigenvalue weighted by Gasteiger charge is -2.25. The molecule has 0 unspecified atom stereocenters. The Bertz CT molecular complexity index is 1280. The maximum absolute atomic E-state index is 13.6. The first-order valence-corrected chi connectivity index (χ1v) is 10.7. The van der Waals surface area contributed by atoms with Crippen molar-refractivity contribution in [2.75, 3.05) is 7.11 Å². The van der Waals surface area contributed by atoms with Gasteiger partial charge in [-0.2, -0.15) is 5.10 Å². The second-order valence-corrected chi connectivity index (χ2v) is 7.68. The Kier molecular flexibility index (Phi) is 5.27. The van der Waals surface area contributed by atoms with E-state index in [9.17, 15) is 4.39 Å². The standard InChI is InChI=1S/C26H23FN4O/c1-3-20-25(17-11-13-18(27)14-12-17)26-29-22(19-8-4-5-10-24(19)32-2)16-23(31(26)30-20)21-9-6-7-15-28-21/h4-15,23H,3,16H2,1-2H3/t23-/m1/s1. The highest BCUT2D eigenvalue weighted by Gasteiger charge is 2.31. The lowest BCUT2D eigenvalue weighted by Crippen LogP contribution is -2.22. The van der Waals surface area contributed by atoms with Crippen molar-refractivity contribution in [3.63, 3.8) is 0 Å². The van der Waals surface area contributed by atoms with Gasteiger partial charge in [0.05, 0.1) is 24.2 Å². The highest BCUT2D eigenvalue weighted by atomic mass is 19.1. The number of benzene rings is 2. The lowest BCUT2D eigenvalue weighted by molar-refractivity contribution is 0.413. The Morgan fingerprint density at radius 3 is 2.53 bits per heavy atom. The number of pyridine rings is 1. The maximum atomic E-state index is 13.6. The van der Waals surface area contributed by atoms with E-state index in [-0.39, 0.29) is 11.9 Å². The van der Waals surface area contributed by atoms with Crippen LogP contribution in [-0.4, -0.2) is 27.6 Å². The van der Waals surface area contributed by atoms with Gasteiger partial charge in [0.15, 0.2) is 5.82 Å². The second kappa shape index (κ2) is 8.38. The minimum Gasteiger partial charge on any atom is -0.496 e. The van der Waals surface area contributed by atoms with Crippen molar-refractivity contribution in [3.8, 4) is 16.9 Å². The number of hydrogen-bond acceptors (Lipinski definition) is 4. The van der Waals surface area contributed by atoms with Crippen LogP contribution < -0.4 is 4.74 Å². The number of aliphatic imine (C=N–C) groups is 1. The molecule has 0 amide bonds. The molecule has 0 saturated heterocycles. The molecule has 1 aliphatic heterocycles. The summed E-state index contributed by atoms with van der Waals surface area (Å²) in [4.78, 5) is 9.71. The van der Waals surface area contributed by atoms with Crippen LogP contribution in [0.2, 0.25) is 0 Å². The molecule has 1 atom stereocenters. The molecular formula is C26H23FN4O. The van der Waals surface area contributed by atoms with E-state index in [1.807, 2.05) is 47.1 Å². The zero-order valence-corrected chi connectivity index (χ0v) is 18.0. The van der Waals surface area contributed by atoms with Crippen LogP contribution in [-0.2, 0) is 6.42 Å². The molecule has 32 heavy (non-hydrogen) atoms. The number of para-hydroxylation sites is 1. The Labute approximate surface area is 186 Å². The molecular weight excluding hydrogens is 403 g/mol. The first kappa shape index (κ1) is 20.1. The van der Waals surface area contributed by atoms with E-state index in [1.54, 1.807) is 25.4 Å². The molecule has 0 radical (unpaired) electrons. The monoisotopic (exact) mass is 426 g/mol. The number of rotatable bonds is 5. The molecule has 6 heteroatoms. The molecule has 0 fully saturated rings. The molecule has 2 aromatic carbocycles. The Morgan fingerprint density at radius 1 is 1.03 bits per heavy atom. The molecule has 0 bridgehead atoms. The first-order valence-electron chi connectivity index (χ1n) is 10.7. The number of aryl methyl sites for hydroxylation is 1. The maximum Gasteiger partial charge on any atom is 0.159 e. The van der Waals surface area contributed by atoms with Gasteiger partial charge in [-0.3, -0.25) is 4.98 Å². The Morgan fingerprint density at radius 2 is 1.81 bits per heavy atom. The molecule has 2 aromatic heterocycles. The smallest absolute Gasteiger partial charge is 0.159 e. The van der Waals surface area contributed by atoms with Crippen LogP contribution in [0.4, 0.5) is 10.2 Å². The van der Waals surface area contributed by atoms with Crippen molar-refractivity contribution in [2.45, 2.75) is 25.8 Å². The summed E-state index contributed by atoms with van der Waals surface area (Å²) in [5, 5.41) is 4.94. The third kappa shape index (κ3) is 3.47. The zero-order chi connectivity index (χ0) is 22.1. The number of methoxy groups -OCH3 is 1. The molecule has 4 aromatic rings. The predicted molar refractivity (Wildman–Crippen MR) is 123 cm³/mol. The van der Waals surface area contributed by atoms with Crippen molar-refractivity contribution < 1.29 is 9.13 Å². The molecule has 5 nitrogen and oxygen atoms in total. The van der Waals surface area contributed by atoms with Crippen molar-refractivity contribution in [3.05, 3.63) is 95.7 Å². The zero-order valence-electron chi connectivity index (χ0n) is 18.0. The Balaban J connectivity index is 1.76. The van der Waals surface area contributed by atoms with Gasteiger partial charge in [0, 0.05) is 23.7 Å². The number of fused-ring (bicyclic) bond motifs is 1. The number of hydrogen-bond donors (Lipinski definition) is 0. The van der Waals surface area contributed by atoms with Crippen molar-refractivity contribution >= 4 is 11.5 Å². The van der Waals surface area contributed by atoms with Gasteiger partial charge in [-0.25, -0.2) is 14.1 Å². The molecule has 3 heterocycles. The van der Waals surface area contributed by atoms with E-state index < -0.39 is 0 Å². The van der Waals surface area contributed by atoms with E-state index in [0.29, 0.717) is 6.42 Å². The van der Waals surface area contributed by atoms with Gasteiger partial charge in [0.2, 0.25) is 0 Å². The lowest BCUT2D eigenvalue weighted by atomic mass is 9.97. The van der Waals surface area contributed by atoms with Crippen molar-refractivity contribution in [1.29, 1.82) is 0 Å². The average molecular weight is 426 g/mol. The van der Waals surface area contributed by atoms with Crippen molar-refractivity contribution in [2.24, 2.45) is 4.99 Å². The summed E-state index contributed by atoms with van der Waals surface area (Å²) in [6.07, 6.45) is 3.17. The fourth-order valence-electron chi connectivity index (χ4n) is 4.25. The van der Waals surface area contributed by atoms with Gasteiger partial charge in [-0.15, -0.1) is 0 Å². The van der Waals surface area contributed by atoms with Gasteiger partial charge >= 0.3 is 0 Å². The number of halogens is 1. The molecule has 0 spiro atoms. The van der Waals surface area contributed by atoms with E-state index in [0.717, 1.165) is 51.8 Å². The molecule has 0 aliphatic carbocycles. The fourth-order valence-corrected chi connectivity index (χ4v) is 4.25. The molecule has 1 aliphatic rings. The van der Waals surface area contributed by atoms with Crippen LogP contribution in [0.5, 0.6) is 5.75 Å². The third-order valence-electron chi connectivity index (χ3n) is 5.80. The summed E-state index contributed by atoms with van der Waals surface area (Å²) < 4.78 is 21.2. The first-order chi connectivity index (χ1) is 15.7. The SMILES string of the molecule is CCc1nn2c(c1-c1ccc(F)cc1)N=C(c1ccccc1OC)C[C@@H]2c1ccccn1. The third-order valence-corrected chi connectivity index (χ3v) is 5.80. The van der Waals surface area contributed by atoms with E-state index >= 15 is 0 Å². The van der Waals surface area contributed by atoms with Gasteiger partial charge < -0.3 is 4.74 Å². The summed E-state index contributed by atoms with van der Waals surface area (Å²) in [5.41, 5.74) is 5.54. The van der Waals surface area contributed by atoms with Crippen LogP contribution >= 0.6 is 0 Å². The van der Waals surface area contributed by atoms with E-state index in [2.05, 4.69) is 11.9 Å². The fraction of sp³-hybridized carbons (Fsp3) is 0.192. The molecule has 5 rings (SSSR count). The second-order valence-electron chi connectivity index (χ2n) is 7.68. The van der Waals surface area contributed by atoms with Crippen LogP contribution in [0.15, 0.2) is 77.9 Å². The topological polar surface area (TPSA) is 52.3 Å². The van der Waals surface area contributed by atoms with Crippen LogP contribution in [0.25, 0.3) is 11.1 Å². The van der Waals surface area contributed by atoms with Crippen LogP contribution in [0.1, 0.15) is 36.3 Å². The largest absolute Gasteiger partial charge is 0.496 e. The Hall–Kier alpha value is -3.80. The number of ether oxygens (including phenoxy) is 1. The van der Waals surface area contributed by atoms with Gasteiger partial charge in [-0.05, 0) is 48.4 Å². The van der Waals surface area contributed by atoms with E-state index in [1.165, 1.54) is 12.1 Å². The molecule has 0 N–H and O–H groups in total. The summed E-state index contributed by atoms with van der Waals surface area (Å²) in [6, 6.07) is 20.2. The number of nitrogens with zero attached hydrogens (tertiary/aromatic N) is 4. The van der Waals surface area contributed by atoms with Gasteiger partial charge in [-0.1, -0.05) is 37.3 Å². The van der Waals surface area contributed by atoms with Crippen LogP contribution in [0.3, 0.4) is 0 Å². The minimum absolute atomic E-state index is 0.108. The normalized spacial score (nSPS) is 15.2. The predicted octanol–water partition coefficient (Wildman–Crippen LogP) is 5.77. The highest BCUT2D eigenvalue weighted by molar-refractivity contribution is 6.06. The number of aromatic nitrogens is 3. The molecule has 0 saturated carbocycles. The van der Waals surface area contributed by atoms with Crippen molar-refractivity contribution in [1.82, 2.24) is 14.8 Å². The summed E-state index contributed by atoms with van der Waals surface area (Å²) >= 11 is 0. The van der Waals surface area contributed by atoms with Gasteiger partial charge in [0.1, 0.15) is 17.6 Å². The van der Waals surface area contributed by atoms with E-state index in [4.69, 9.17) is 14.8 Å². The highest BCUT2D eigenvalue weighted by Crippen LogP contribution is 2.42.